The number of hydrogen-bond acceptors (Lipinski definition) is 5. The van der Waals surface area contributed by atoms with Gasteiger partial charge in [-0.2, -0.15) is 0 Å². The first kappa shape index (κ1) is 26.8. The number of aliphatic carboxylic acids is 1. The first-order chi connectivity index (χ1) is 19.4. The summed E-state index contributed by atoms with van der Waals surface area (Å²) in [4.78, 5) is 18.3. The van der Waals surface area contributed by atoms with Crippen LogP contribution in [0.3, 0.4) is 0 Å². The number of benzene rings is 2. The molecule has 2 unspecified atom stereocenters. The fourth-order valence-corrected chi connectivity index (χ4v) is 6.53. The maximum Gasteiger partial charge on any atom is 0.306 e. The van der Waals surface area contributed by atoms with Gasteiger partial charge in [0.2, 0.25) is 5.88 Å². The molecule has 0 spiro atoms. The van der Waals surface area contributed by atoms with E-state index in [4.69, 9.17) is 9.47 Å². The van der Waals surface area contributed by atoms with E-state index in [2.05, 4.69) is 34.1 Å². The van der Waals surface area contributed by atoms with Crippen LogP contribution in [0.2, 0.25) is 0 Å². The van der Waals surface area contributed by atoms with Crippen molar-refractivity contribution in [2.45, 2.75) is 64.0 Å². The number of carboxylic acids is 1. The van der Waals surface area contributed by atoms with Crippen LogP contribution in [0.4, 0.5) is 4.39 Å². The van der Waals surface area contributed by atoms with Crippen molar-refractivity contribution < 1.29 is 23.8 Å². The van der Waals surface area contributed by atoms with Crippen LogP contribution in [0.25, 0.3) is 11.1 Å². The number of nitrogens with zero attached hydrogens (tertiary/aromatic N) is 2. The SMILES string of the molecule is COc1cc(-c2ccc(C3CCc4ccc(C(C5CC5)[C@H](C)C(=O)O)cc4O3)cc2CN2CCCC2)c(F)cn1. The highest BCUT2D eigenvalue weighted by Crippen LogP contribution is 2.48. The van der Waals surface area contributed by atoms with E-state index in [1.165, 1.54) is 26.1 Å². The highest BCUT2D eigenvalue weighted by molar-refractivity contribution is 5.71. The molecular weight excluding hydrogens is 507 g/mol. The predicted octanol–water partition coefficient (Wildman–Crippen LogP) is 6.77. The summed E-state index contributed by atoms with van der Waals surface area (Å²) in [6.07, 6.45) is 7.37. The van der Waals surface area contributed by atoms with Crippen LogP contribution >= 0.6 is 0 Å². The smallest absolute Gasteiger partial charge is 0.306 e. The summed E-state index contributed by atoms with van der Waals surface area (Å²) in [6.45, 7) is 4.65. The highest BCUT2D eigenvalue weighted by Gasteiger charge is 2.39. The number of aromatic nitrogens is 1. The first-order valence-corrected chi connectivity index (χ1v) is 14.5. The van der Waals surface area contributed by atoms with E-state index < -0.39 is 11.9 Å². The van der Waals surface area contributed by atoms with E-state index in [0.29, 0.717) is 17.4 Å². The Morgan fingerprint density at radius 1 is 1.12 bits per heavy atom. The van der Waals surface area contributed by atoms with Gasteiger partial charge in [0, 0.05) is 18.2 Å². The van der Waals surface area contributed by atoms with Gasteiger partial charge in [-0.3, -0.25) is 9.69 Å². The number of hydrogen-bond donors (Lipinski definition) is 1. The lowest BCUT2D eigenvalue weighted by Crippen LogP contribution is -2.22. The molecule has 40 heavy (non-hydrogen) atoms. The van der Waals surface area contributed by atoms with E-state index in [0.717, 1.165) is 78.9 Å². The Bertz CT molecular complexity index is 1400. The summed E-state index contributed by atoms with van der Waals surface area (Å²) in [5.41, 5.74) is 5.71. The Labute approximate surface area is 235 Å². The van der Waals surface area contributed by atoms with Gasteiger partial charge in [0.1, 0.15) is 17.7 Å². The monoisotopic (exact) mass is 544 g/mol. The lowest BCUT2D eigenvalue weighted by molar-refractivity contribution is -0.142. The van der Waals surface area contributed by atoms with E-state index in [-0.39, 0.29) is 17.8 Å². The second-order valence-electron chi connectivity index (χ2n) is 11.6. The van der Waals surface area contributed by atoms with Gasteiger partial charge in [0.15, 0.2) is 0 Å². The maximum absolute atomic E-state index is 15.0. The molecule has 0 bridgehead atoms. The molecule has 0 amide bonds. The second kappa shape index (κ2) is 11.2. The Hall–Kier alpha value is -3.45. The summed E-state index contributed by atoms with van der Waals surface area (Å²) in [6, 6.07) is 14.2. The third-order valence-corrected chi connectivity index (χ3v) is 8.90. The summed E-state index contributed by atoms with van der Waals surface area (Å²) >= 11 is 0. The molecule has 210 valence electrons. The molecule has 3 atom stereocenters. The van der Waals surface area contributed by atoms with Crippen LogP contribution < -0.4 is 9.47 Å². The summed E-state index contributed by atoms with van der Waals surface area (Å²) in [5.74, 6) is 0.124. The van der Waals surface area contributed by atoms with Gasteiger partial charge >= 0.3 is 5.97 Å². The zero-order valence-electron chi connectivity index (χ0n) is 23.2. The number of fused-ring (bicyclic) bond motifs is 1. The number of carboxylic acid groups (broad SMARTS) is 1. The summed E-state index contributed by atoms with van der Waals surface area (Å²) < 4.78 is 26.9. The number of carbonyl (C=O) groups is 1. The lowest BCUT2D eigenvalue weighted by atomic mass is 9.82. The molecule has 6 nitrogen and oxygen atoms in total. The van der Waals surface area contributed by atoms with Crippen LogP contribution in [0.1, 0.15) is 73.3 Å². The van der Waals surface area contributed by atoms with E-state index in [1.807, 2.05) is 19.1 Å². The molecular formula is C33H37FN2O4. The predicted molar refractivity (Wildman–Crippen MR) is 151 cm³/mol. The van der Waals surface area contributed by atoms with Crippen LogP contribution in [0.5, 0.6) is 11.6 Å². The molecule has 3 aromatic rings. The summed E-state index contributed by atoms with van der Waals surface area (Å²) in [7, 11) is 1.54. The molecule has 2 fully saturated rings. The Morgan fingerprint density at radius 2 is 1.93 bits per heavy atom. The van der Waals surface area contributed by atoms with E-state index in [9.17, 15) is 14.3 Å². The fraction of sp³-hybridized carbons (Fsp3) is 0.455. The third kappa shape index (κ3) is 5.44. The zero-order valence-corrected chi connectivity index (χ0v) is 23.2. The molecule has 3 heterocycles. The van der Waals surface area contributed by atoms with Gasteiger partial charge in [-0.1, -0.05) is 37.3 Å². The van der Waals surface area contributed by atoms with Crippen molar-refractivity contribution in [3.63, 3.8) is 0 Å². The van der Waals surface area contributed by atoms with Crippen molar-refractivity contribution in [3.05, 3.63) is 76.7 Å². The molecule has 6 rings (SSSR count). The topological polar surface area (TPSA) is 71.9 Å². The molecule has 7 heteroatoms. The molecule has 0 radical (unpaired) electrons. The average molecular weight is 545 g/mol. The number of halogens is 1. The fourth-order valence-electron chi connectivity index (χ4n) is 6.53. The first-order valence-electron chi connectivity index (χ1n) is 14.5. The van der Waals surface area contributed by atoms with Gasteiger partial charge in [-0.05, 0) is 97.3 Å². The number of pyridine rings is 1. The molecule has 1 saturated heterocycles. The van der Waals surface area contributed by atoms with Gasteiger partial charge in [-0.15, -0.1) is 0 Å². The maximum atomic E-state index is 15.0. The van der Waals surface area contributed by atoms with Gasteiger partial charge in [0.05, 0.1) is 19.2 Å². The number of likely N-dealkylation sites (tertiary alicyclic amines) is 1. The molecule has 3 aliphatic rings. The molecule has 1 N–H and O–H groups in total. The van der Waals surface area contributed by atoms with E-state index >= 15 is 0 Å². The van der Waals surface area contributed by atoms with Crippen LogP contribution in [-0.2, 0) is 17.8 Å². The Kier molecular flexibility index (Phi) is 7.49. The number of aryl methyl sites for hydroxylation is 1. The van der Waals surface area contributed by atoms with Crippen LogP contribution in [0, 0.1) is 17.7 Å². The zero-order chi connectivity index (χ0) is 27.8. The van der Waals surface area contributed by atoms with Crippen LogP contribution in [0.15, 0.2) is 48.7 Å². The molecule has 1 saturated carbocycles. The van der Waals surface area contributed by atoms with Crippen molar-refractivity contribution in [2.75, 3.05) is 20.2 Å². The Balaban J connectivity index is 1.31. The number of rotatable bonds is 9. The summed E-state index contributed by atoms with van der Waals surface area (Å²) in [5, 5.41) is 9.73. The lowest BCUT2D eigenvalue weighted by Gasteiger charge is -2.29. The average Bonchev–Trinajstić information content (AvgIpc) is 3.67. The standard InChI is InChI=1S/C33H37FN2O4/c1-20(33(37)38)32(22-6-7-22)24-8-5-21-10-12-29(40-30(21)16-24)23-9-11-26(25(15-23)19-36-13-3-4-14-36)27-17-31(39-2)35-18-28(27)34/h5,8-9,11,15-18,20,22,29,32H,3-4,6-7,10,12-14,19H2,1-2H3,(H,37,38)/t20-,29?,32?/m0/s1. The van der Waals surface area contributed by atoms with Crippen molar-refractivity contribution in [1.82, 2.24) is 9.88 Å². The second-order valence-corrected chi connectivity index (χ2v) is 11.6. The molecule has 1 aliphatic carbocycles. The van der Waals surface area contributed by atoms with Crippen molar-refractivity contribution >= 4 is 5.97 Å². The van der Waals surface area contributed by atoms with Gasteiger partial charge in [-0.25, -0.2) is 9.37 Å². The van der Waals surface area contributed by atoms with Crippen molar-refractivity contribution in [3.8, 4) is 22.8 Å². The van der Waals surface area contributed by atoms with Crippen molar-refractivity contribution in [1.29, 1.82) is 0 Å². The normalized spacial score (nSPS) is 20.4. The minimum Gasteiger partial charge on any atom is -0.485 e. The van der Waals surface area contributed by atoms with Gasteiger partial charge < -0.3 is 14.6 Å². The molecule has 1 aromatic heterocycles. The molecule has 2 aliphatic heterocycles. The third-order valence-electron chi connectivity index (χ3n) is 8.90. The van der Waals surface area contributed by atoms with Crippen LogP contribution in [-0.4, -0.2) is 41.2 Å². The highest BCUT2D eigenvalue weighted by atomic mass is 19.1. The van der Waals surface area contributed by atoms with E-state index in [1.54, 1.807) is 6.07 Å². The minimum absolute atomic E-state index is 0.00498. The number of methoxy groups -OCH3 is 1. The largest absolute Gasteiger partial charge is 0.485 e. The quantitative estimate of drug-likeness (QED) is 0.320. The molecule has 2 aromatic carbocycles. The Morgan fingerprint density at radius 3 is 2.65 bits per heavy atom. The number of ether oxygens (including phenoxy) is 2. The van der Waals surface area contributed by atoms with Crippen molar-refractivity contribution in [2.24, 2.45) is 11.8 Å². The van der Waals surface area contributed by atoms with Gasteiger partial charge in [0.25, 0.3) is 0 Å². The minimum atomic E-state index is -0.748.